The Labute approximate surface area is 118 Å². The van der Waals surface area contributed by atoms with Crippen molar-refractivity contribution in [2.75, 3.05) is 39.3 Å². The molecule has 7 nitrogen and oxygen atoms in total. The van der Waals surface area contributed by atoms with Gasteiger partial charge in [0.25, 0.3) is 0 Å². The number of amides is 3. The van der Waals surface area contributed by atoms with Gasteiger partial charge in [-0.3, -0.25) is 14.4 Å². The molecule has 2 aliphatic rings. The molecule has 2 saturated heterocycles. The zero-order chi connectivity index (χ0) is 14.5. The fraction of sp³-hybridized carbons (Fsp3) is 0.769. The van der Waals surface area contributed by atoms with Gasteiger partial charge in [0.2, 0.25) is 5.91 Å². The van der Waals surface area contributed by atoms with Gasteiger partial charge in [-0.15, -0.1) is 0 Å². The lowest BCUT2D eigenvalue weighted by molar-refractivity contribution is -0.153. The molecule has 0 radical (unpaired) electrons. The van der Waals surface area contributed by atoms with Crippen molar-refractivity contribution in [1.82, 2.24) is 15.1 Å². The summed E-state index contributed by atoms with van der Waals surface area (Å²) >= 11 is 0. The minimum Gasteiger partial charge on any atom is -0.369 e. The average molecular weight is 282 g/mol. The molecule has 1 unspecified atom stereocenters. The van der Waals surface area contributed by atoms with Crippen molar-refractivity contribution >= 4 is 17.7 Å². The number of likely N-dealkylation sites (tertiary alicyclic amines) is 1. The number of primary amides is 1. The van der Waals surface area contributed by atoms with Gasteiger partial charge in [0.1, 0.15) is 0 Å². The summed E-state index contributed by atoms with van der Waals surface area (Å²) in [6, 6.07) is 0. The average Bonchev–Trinajstić information content (AvgIpc) is 2.75. The smallest absolute Gasteiger partial charge is 0.312 e. The third-order valence-electron chi connectivity index (χ3n) is 3.92. The zero-order valence-corrected chi connectivity index (χ0v) is 11.6. The van der Waals surface area contributed by atoms with E-state index in [-0.39, 0.29) is 12.5 Å². The van der Waals surface area contributed by atoms with E-state index in [0.717, 1.165) is 13.0 Å². The number of nitrogens with two attached hydrogens (primary N) is 1. The molecule has 20 heavy (non-hydrogen) atoms. The minimum atomic E-state index is -0.502. The maximum atomic E-state index is 12.2. The van der Waals surface area contributed by atoms with Gasteiger partial charge in [-0.2, -0.15) is 0 Å². The van der Waals surface area contributed by atoms with Gasteiger partial charge in [-0.05, 0) is 25.8 Å². The van der Waals surface area contributed by atoms with Crippen LogP contribution in [0.4, 0.5) is 0 Å². The summed E-state index contributed by atoms with van der Waals surface area (Å²) in [6.45, 7) is 3.53. The Morgan fingerprint density at radius 1 is 0.950 bits per heavy atom. The molecule has 2 rings (SSSR count). The molecule has 0 spiro atoms. The maximum absolute atomic E-state index is 12.2. The number of piperidine rings is 1. The molecule has 112 valence electrons. The molecule has 7 heteroatoms. The van der Waals surface area contributed by atoms with Crippen LogP contribution in [0.3, 0.4) is 0 Å². The van der Waals surface area contributed by atoms with E-state index >= 15 is 0 Å². The van der Waals surface area contributed by atoms with Crippen LogP contribution in [0.15, 0.2) is 0 Å². The fourth-order valence-electron chi connectivity index (χ4n) is 2.71. The molecular weight excluding hydrogens is 260 g/mol. The van der Waals surface area contributed by atoms with Crippen LogP contribution >= 0.6 is 0 Å². The molecule has 1 atom stereocenters. The van der Waals surface area contributed by atoms with Gasteiger partial charge in [0.05, 0.1) is 5.92 Å². The van der Waals surface area contributed by atoms with Crippen molar-refractivity contribution in [2.45, 2.75) is 19.3 Å². The van der Waals surface area contributed by atoms with Crippen LogP contribution < -0.4 is 11.1 Å². The van der Waals surface area contributed by atoms with Crippen LogP contribution in [0, 0.1) is 5.92 Å². The van der Waals surface area contributed by atoms with Crippen LogP contribution in [0.2, 0.25) is 0 Å². The Kier molecular flexibility index (Phi) is 4.94. The van der Waals surface area contributed by atoms with E-state index in [0.29, 0.717) is 39.0 Å². The van der Waals surface area contributed by atoms with Gasteiger partial charge < -0.3 is 20.9 Å². The number of carbonyl (C=O) groups excluding carboxylic acids is 3. The first-order valence-corrected chi connectivity index (χ1v) is 7.18. The summed E-state index contributed by atoms with van der Waals surface area (Å²) in [5.41, 5.74) is 5.29. The number of nitrogens with one attached hydrogen (secondary N) is 1. The predicted molar refractivity (Wildman–Crippen MR) is 72.6 cm³/mol. The molecule has 0 aromatic carbocycles. The van der Waals surface area contributed by atoms with E-state index < -0.39 is 17.7 Å². The monoisotopic (exact) mass is 282 g/mol. The SMILES string of the molecule is NC(=O)C1CCCN(C(=O)C(=O)N2CCCNCC2)C1. The van der Waals surface area contributed by atoms with E-state index in [1.54, 1.807) is 4.90 Å². The first-order valence-electron chi connectivity index (χ1n) is 7.18. The van der Waals surface area contributed by atoms with Crippen LogP contribution in [0.25, 0.3) is 0 Å². The molecule has 2 aliphatic heterocycles. The number of carbonyl (C=O) groups is 3. The van der Waals surface area contributed by atoms with Gasteiger partial charge in [0, 0.05) is 32.7 Å². The third kappa shape index (κ3) is 3.47. The molecule has 0 saturated carbocycles. The van der Waals surface area contributed by atoms with Crippen molar-refractivity contribution in [1.29, 1.82) is 0 Å². The topological polar surface area (TPSA) is 95.7 Å². The van der Waals surface area contributed by atoms with E-state index in [4.69, 9.17) is 5.73 Å². The fourth-order valence-corrected chi connectivity index (χ4v) is 2.71. The largest absolute Gasteiger partial charge is 0.369 e. The Bertz CT molecular complexity index is 391. The summed E-state index contributed by atoms with van der Waals surface area (Å²) in [6.07, 6.45) is 2.26. The second-order valence-electron chi connectivity index (χ2n) is 5.39. The Morgan fingerprint density at radius 3 is 2.40 bits per heavy atom. The molecule has 0 aromatic rings. The Morgan fingerprint density at radius 2 is 1.65 bits per heavy atom. The molecule has 2 fully saturated rings. The molecule has 0 bridgehead atoms. The zero-order valence-electron chi connectivity index (χ0n) is 11.6. The van der Waals surface area contributed by atoms with E-state index in [2.05, 4.69) is 5.32 Å². The van der Waals surface area contributed by atoms with Crippen molar-refractivity contribution < 1.29 is 14.4 Å². The van der Waals surface area contributed by atoms with E-state index in [1.807, 2.05) is 0 Å². The van der Waals surface area contributed by atoms with Crippen LogP contribution in [0.1, 0.15) is 19.3 Å². The molecule has 3 N–H and O–H groups in total. The van der Waals surface area contributed by atoms with Crippen LogP contribution in [0.5, 0.6) is 0 Å². The maximum Gasteiger partial charge on any atom is 0.312 e. The van der Waals surface area contributed by atoms with Gasteiger partial charge in [-0.25, -0.2) is 0 Å². The normalized spacial score (nSPS) is 24.1. The first-order chi connectivity index (χ1) is 9.59. The molecule has 0 aromatic heterocycles. The number of hydrogen-bond donors (Lipinski definition) is 2. The summed E-state index contributed by atoms with van der Waals surface area (Å²) in [7, 11) is 0. The van der Waals surface area contributed by atoms with Gasteiger partial charge >= 0.3 is 11.8 Å². The highest BCUT2D eigenvalue weighted by Gasteiger charge is 2.32. The summed E-state index contributed by atoms with van der Waals surface area (Å²) in [5, 5.41) is 3.19. The van der Waals surface area contributed by atoms with Crippen molar-refractivity contribution in [3.05, 3.63) is 0 Å². The number of nitrogens with zero attached hydrogens (tertiary/aromatic N) is 2. The van der Waals surface area contributed by atoms with E-state index in [1.165, 1.54) is 4.90 Å². The third-order valence-corrected chi connectivity index (χ3v) is 3.92. The minimum absolute atomic E-state index is 0.270. The molecule has 2 heterocycles. The van der Waals surface area contributed by atoms with Crippen molar-refractivity contribution in [2.24, 2.45) is 11.7 Å². The summed E-state index contributed by atoms with van der Waals surface area (Å²) < 4.78 is 0. The first kappa shape index (κ1) is 14.8. The predicted octanol–water partition coefficient (Wildman–Crippen LogP) is -1.47. The lowest BCUT2D eigenvalue weighted by atomic mass is 9.97. The van der Waals surface area contributed by atoms with Crippen molar-refractivity contribution in [3.8, 4) is 0 Å². The molecule has 0 aliphatic carbocycles. The Balaban J connectivity index is 1.95. The van der Waals surface area contributed by atoms with Crippen molar-refractivity contribution in [3.63, 3.8) is 0 Å². The summed E-state index contributed by atoms with van der Waals surface area (Å²) in [5.74, 6) is -1.68. The van der Waals surface area contributed by atoms with Gasteiger partial charge in [-0.1, -0.05) is 0 Å². The van der Waals surface area contributed by atoms with Crippen LogP contribution in [-0.4, -0.2) is 66.8 Å². The number of hydrogen-bond acceptors (Lipinski definition) is 4. The van der Waals surface area contributed by atoms with E-state index in [9.17, 15) is 14.4 Å². The highest BCUT2D eigenvalue weighted by Crippen LogP contribution is 2.16. The highest BCUT2D eigenvalue weighted by molar-refractivity contribution is 6.35. The lowest BCUT2D eigenvalue weighted by Gasteiger charge is -2.32. The molecular formula is C13H22N4O3. The quantitative estimate of drug-likeness (QED) is 0.574. The second kappa shape index (κ2) is 6.69. The van der Waals surface area contributed by atoms with Crippen LogP contribution in [-0.2, 0) is 14.4 Å². The second-order valence-corrected chi connectivity index (χ2v) is 5.39. The summed E-state index contributed by atoms with van der Waals surface area (Å²) in [4.78, 5) is 38.7. The van der Waals surface area contributed by atoms with Gasteiger partial charge in [0.15, 0.2) is 0 Å². The number of rotatable bonds is 1. The highest BCUT2D eigenvalue weighted by atomic mass is 16.2. The molecule has 3 amide bonds. The lowest BCUT2D eigenvalue weighted by Crippen LogP contribution is -2.51. The standard InChI is InChI=1S/C13H22N4O3/c14-11(18)10-3-1-6-17(9-10)13(20)12(19)16-7-2-4-15-5-8-16/h10,15H,1-9H2,(H2,14,18). The Hall–Kier alpha value is -1.63.